The lowest BCUT2D eigenvalue weighted by atomic mass is 10.2. The number of nitrogens with zero attached hydrogens (tertiary/aromatic N) is 3. The fourth-order valence-electron chi connectivity index (χ4n) is 2.16. The molecule has 0 fully saturated rings. The van der Waals surface area contributed by atoms with Gasteiger partial charge in [-0.3, -0.25) is 0 Å². The quantitative estimate of drug-likeness (QED) is 0.721. The fraction of sp³-hybridized carbons (Fsp3) is 0.286. The van der Waals surface area contributed by atoms with Crippen LogP contribution in [0.1, 0.15) is 18.7 Å². The Labute approximate surface area is 110 Å². The molecule has 0 radical (unpaired) electrons. The van der Waals surface area contributed by atoms with Gasteiger partial charge in [0.2, 0.25) is 11.8 Å². The van der Waals surface area contributed by atoms with E-state index in [-0.39, 0.29) is 0 Å². The Balaban J connectivity index is 1.98. The van der Waals surface area contributed by atoms with E-state index in [1.165, 1.54) is 0 Å². The SMILES string of the molecule is CCOc1cccc2c1ccn2Cc1nnc(C)o1. The Morgan fingerprint density at radius 3 is 2.89 bits per heavy atom. The molecule has 5 nitrogen and oxygen atoms in total. The number of aromatic nitrogens is 3. The summed E-state index contributed by atoms with van der Waals surface area (Å²) in [7, 11) is 0. The van der Waals surface area contributed by atoms with Crippen molar-refractivity contribution in [1.29, 1.82) is 0 Å². The van der Waals surface area contributed by atoms with Gasteiger partial charge < -0.3 is 13.7 Å². The summed E-state index contributed by atoms with van der Waals surface area (Å²) >= 11 is 0. The lowest BCUT2D eigenvalue weighted by Gasteiger charge is -2.06. The number of ether oxygens (including phenoxy) is 1. The summed E-state index contributed by atoms with van der Waals surface area (Å²) in [6.45, 7) is 5.00. The van der Waals surface area contributed by atoms with E-state index in [1.54, 1.807) is 6.92 Å². The number of aryl methyl sites for hydroxylation is 1. The van der Waals surface area contributed by atoms with Crippen molar-refractivity contribution in [3.8, 4) is 5.75 Å². The van der Waals surface area contributed by atoms with Gasteiger partial charge in [0.05, 0.1) is 12.1 Å². The molecule has 0 saturated carbocycles. The van der Waals surface area contributed by atoms with Crippen molar-refractivity contribution in [2.45, 2.75) is 20.4 Å². The van der Waals surface area contributed by atoms with Crippen LogP contribution in [0.3, 0.4) is 0 Å². The Bertz CT molecular complexity index is 700. The highest BCUT2D eigenvalue weighted by Gasteiger charge is 2.09. The van der Waals surface area contributed by atoms with Gasteiger partial charge in [0.1, 0.15) is 12.3 Å². The first-order valence-corrected chi connectivity index (χ1v) is 6.27. The summed E-state index contributed by atoms with van der Waals surface area (Å²) in [5, 5.41) is 8.95. The molecule has 2 aromatic heterocycles. The van der Waals surface area contributed by atoms with Crippen LogP contribution in [0.15, 0.2) is 34.9 Å². The Morgan fingerprint density at radius 2 is 2.16 bits per heavy atom. The van der Waals surface area contributed by atoms with Crippen LogP contribution in [0, 0.1) is 6.92 Å². The van der Waals surface area contributed by atoms with Crippen LogP contribution in [0.5, 0.6) is 5.75 Å². The van der Waals surface area contributed by atoms with Crippen LogP contribution < -0.4 is 4.74 Å². The summed E-state index contributed by atoms with van der Waals surface area (Å²) in [5.41, 5.74) is 1.10. The Kier molecular flexibility index (Phi) is 2.95. The summed E-state index contributed by atoms with van der Waals surface area (Å²) in [6.07, 6.45) is 2.01. The van der Waals surface area contributed by atoms with Crippen LogP contribution in [0.4, 0.5) is 0 Å². The summed E-state index contributed by atoms with van der Waals surface area (Å²) in [4.78, 5) is 0. The highest BCUT2D eigenvalue weighted by Crippen LogP contribution is 2.27. The molecule has 19 heavy (non-hydrogen) atoms. The predicted octanol–water partition coefficient (Wildman–Crippen LogP) is 2.78. The van der Waals surface area contributed by atoms with E-state index in [0.29, 0.717) is 24.9 Å². The molecule has 2 heterocycles. The third-order valence-corrected chi connectivity index (χ3v) is 2.95. The smallest absolute Gasteiger partial charge is 0.236 e. The van der Waals surface area contributed by atoms with E-state index < -0.39 is 0 Å². The second-order valence-electron chi connectivity index (χ2n) is 4.28. The van der Waals surface area contributed by atoms with Crippen molar-refractivity contribution in [3.05, 3.63) is 42.2 Å². The highest BCUT2D eigenvalue weighted by atomic mass is 16.5. The summed E-state index contributed by atoms with van der Waals surface area (Å²) in [5.74, 6) is 2.10. The third kappa shape index (κ3) is 2.19. The van der Waals surface area contributed by atoms with Crippen LogP contribution in [-0.4, -0.2) is 21.4 Å². The van der Waals surface area contributed by atoms with Crippen molar-refractivity contribution in [1.82, 2.24) is 14.8 Å². The van der Waals surface area contributed by atoms with E-state index in [1.807, 2.05) is 31.3 Å². The molecule has 3 aromatic rings. The maximum atomic E-state index is 5.62. The zero-order chi connectivity index (χ0) is 13.2. The van der Waals surface area contributed by atoms with E-state index in [9.17, 15) is 0 Å². The van der Waals surface area contributed by atoms with Gasteiger partial charge in [-0.15, -0.1) is 10.2 Å². The monoisotopic (exact) mass is 257 g/mol. The van der Waals surface area contributed by atoms with Crippen molar-refractivity contribution >= 4 is 10.9 Å². The second-order valence-corrected chi connectivity index (χ2v) is 4.28. The molecule has 0 unspecified atom stereocenters. The van der Waals surface area contributed by atoms with Gasteiger partial charge >= 0.3 is 0 Å². The number of rotatable bonds is 4. The van der Waals surface area contributed by atoms with Crippen molar-refractivity contribution in [2.75, 3.05) is 6.61 Å². The lowest BCUT2D eigenvalue weighted by Crippen LogP contribution is -1.98. The van der Waals surface area contributed by atoms with Gasteiger partial charge in [-0.05, 0) is 25.1 Å². The summed E-state index contributed by atoms with van der Waals surface area (Å²) in [6, 6.07) is 8.07. The minimum absolute atomic E-state index is 0.569. The first-order valence-electron chi connectivity index (χ1n) is 6.27. The molecule has 5 heteroatoms. The molecule has 3 rings (SSSR count). The molecule has 0 aliphatic carbocycles. The third-order valence-electron chi connectivity index (χ3n) is 2.95. The van der Waals surface area contributed by atoms with Crippen LogP contribution in [0.25, 0.3) is 10.9 Å². The maximum absolute atomic E-state index is 5.62. The second kappa shape index (κ2) is 4.76. The zero-order valence-corrected chi connectivity index (χ0v) is 11.0. The molecule has 0 amide bonds. The summed E-state index contributed by atoms with van der Waals surface area (Å²) < 4.78 is 13.1. The van der Waals surface area contributed by atoms with E-state index in [4.69, 9.17) is 9.15 Å². The minimum atomic E-state index is 0.569. The highest BCUT2D eigenvalue weighted by molar-refractivity contribution is 5.86. The molecule has 0 spiro atoms. The van der Waals surface area contributed by atoms with Crippen molar-refractivity contribution in [2.24, 2.45) is 0 Å². The van der Waals surface area contributed by atoms with Gasteiger partial charge in [0, 0.05) is 18.5 Å². The number of hydrogen-bond acceptors (Lipinski definition) is 4. The van der Waals surface area contributed by atoms with Crippen molar-refractivity contribution in [3.63, 3.8) is 0 Å². The Morgan fingerprint density at radius 1 is 1.26 bits per heavy atom. The Hall–Kier alpha value is -2.30. The molecular weight excluding hydrogens is 242 g/mol. The van der Waals surface area contributed by atoms with Crippen LogP contribution in [0.2, 0.25) is 0 Å². The maximum Gasteiger partial charge on any atom is 0.236 e. The molecule has 0 aliphatic rings. The van der Waals surface area contributed by atoms with Gasteiger partial charge in [-0.25, -0.2) is 0 Å². The molecule has 0 atom stereocenters. The molecule has 0 bridgehead atoms. The number of hydrogen-bond donors (Lipinski definition) is 0. The molecule has 1 aromatic carbocycles. The van der Waals surface area contributed by atoms with Gasteiger partial charge in [-0.2, -0.15) is 0 Å². The van der Waals surface area contributed by atoms with Crippen LogP contribution in [-0.2, 0) is 6.54 Å². The van der Waals surface area contributed by atoms with Gasteiger partial charge in [-0.1, -0.05) is 6.07 Å². The first kappa shape index (κ1) is 11.8. The number of benzene rings is 1. The lowest BCUT2D eigenvalue weighted by molar-refractivity contribution is 0.344. The fourth-order valence-corrected chi connectivity index (χ4v) is 2.16. The standard InChI is InChI=1S/C14H15N3O2/c1-3-18-13-6-4-5-12-11(13)7-8-17(12)9-14-16-15-10(2)19-14/h4-8H,3,9H2,1-2H3. The average Bonchev–Trinajstić information content (AvgIpc) is 2.99. The molecule has 98 valence electrons. The molecule has 0 saturated heterocycles. The first-order chi connectivity index (χ1) is 9.28. The van der Waals surface area contributed by atoms with Gasteiger partial charge in [0.15, 0.2) is 0 Å². The van der Waals surface area contributed by atoms with Crippen molar-refractivity contribution < 1.29 is 9.15 Å². The minimum Gasteiger partial charge on any atom is -0.493 e. The molecule has 0 aliphatic heterocycles. The van der Waals surface area contributed by atoms with E-state index in [2.05, 4.69) is 20.8 Å². The molecule has 0 N–H and O–H groups in total. The normalized spacial score (nSPS) is 11.1. The number of fused-ring (bicyclic) bond motifs is 1. The molecular formula is C14H15N3O2. The largest absolute Gasteiger partial charge is 0.493 e. The zero-order valence-electron chi connectivity index (χ0n) is 11.0. The van der Waals surface area contributed by atoms with Gasteiger partial charge in [0.25, 0.3) is 0 Å². The average molecular weight is 257 g/mol. The van der Waals surface area contributed by atoms with E-state index in [0.717, 1.165) is 16.7 Å². The predicted molar refractivity (Wildman–Crippen MR) is 71.2 cm³/mol. The topological polar surface area (TPSA) is 53.1 Å². The van der Waals surface area contributed by atoms with Crippen LogP contribution >= 0.6 is 0 Å². The van der Waals surface area contributed by atoms with E-state index >= 15 is 0 Å².